The SMILES string of the molecule is Nc1ncc(-c2nc(N3CCOCC3)nc3c(Cl)cccc23)cn1. The molecular formula is C16H15ClN6O. The molecule has 1 fully saturated rings. The highest BCUT2D eigenvalue weighted by Gasteiger charge is 2.18. The van der Waals surface area contributed by atoms with Crippen LogP contribution < -0.4 is 10.6 Å². The van der Waals surface area contributed by atoms with Crippen molar-refractivity contribution in [3.63, 3.8) is 0 Å². The van der Waals surface area contributed by atoms with E-state index in [4.69, 9.17) is 27.1 Å². The Hall–Kier alpha value is -2.51. The van der Waals surface area contributed by atoms with Crippen LogP contribution in [0.1, 0.15) is 0 Å². The van der Waals surface area contributed by atoms with Gasteiger partial charge in [-0.3, -0.25) is 0 Å². The van der Waals surface area contributed by atoms with Gasteiger partial charge in [0.2, 0.25) is 11.9 Å². The number of halogens is 1. The second kappa shape index (κ2) is 6.18. The molecule has 2 aromatic heterocycles. The average molecular weight is 343 g/mol. The van der Waals surface area contributed by atoms with Gasteiger partial charge in [0.25, 0.3) is 0 Å². The first-order valence-electron chi connectivity index (χ1n) is 7.59. The Morgan fingerprint density at radius 3 is 2.58 bits per heavy atom. The van der Waals surface area contributed by atoms with Gasteiger partial charge in [-0.05, 0) is 6.07 Å². The Kier molecular flexibility index (Phi) is 3.87. The van der Waals surface area contributed by atoms with Gasteiger partial charge in [-0.25, -0.2) is 19.9 Å². The van der Waals surface area contributed by atoms with Crippen molar-refractivity contribution in [3.05, 3.63) is 35.6 Å². The fourth-order valence-corrected chi connectivity index (χ4v) is 2.91. The lowest BCUT2D eigenvalue weighted by molar-refractivity contribution is 0.122. The summed E-state index contributed by atoms with van der Waals surface area (Å²) in [4.78, 5) is 19.6. The maximum Gasteiger partial charge on any atom is 0.226 e. The van der Waals surface area contributed by atoms with Gasteiger partial charge in [-0.2, -0.15) is 0 Å². The minimum Gasteiger partial charge on any atom is -0.378 e. The molecule has 0 unspecified atom stereocenters. The normalized spacial score (nSPS) is 15.0. The zero-order valence-corrected chi connectivity index (χ0v) is 13.6. The molecule has 7 nitrogen and oxygen atoms in total. The van der Waals surface area contributed by atoms with E-state index in [9.17, 15) is 0 Å². The third-order valence-corrected chi connectivity index (χ3v) is 4.21. The van der Waals surface area contributed by atoms with Crippen molar-refractivity contribution in [3.8, 4) is 11.3 Å². The second-order valence-corrected chi connectivity index (χ2v) is 5.84. The summed E-state index contributed by atoms with van der Waals surface area (Å²) in [5, 5.41) is 1.44. The molecule has 3 heterocycles. The van der Waals surface area contributed by atoms with Crippen LogP contribution in [0.2, 0.25) is 5.02 Å². The number of para-hydroxylation sites is 1. The molecule has 2 N–H and O–H groups in total. The quantitative estimate of drug-likeness (QED) is 0.763. The van der Waals surface area contributed by atoms with E-state index in [1.807, 2.05) is 18.2 Å². The van der Waals surface area contributed by atoms with Crippen LogP contribution in [0.5, 0.6) is 0 Å². The van der Waals surface area contributed by atoms with Gasteiger partial charge in [0.15, 0.2) is 0 Å². The van der Waals surface area contributed by atoms with E-state index in [0.29, 0.717) is 29.7 Å². The fourth-order valence-electron chi connectivity index (χ4n) is 2.69. The summed E-state index contributed by atoms with van der Waals surface area (Å²) < 4.78 is 5.40. The smallest absolute Gasteiger partial charge is 0.226 e. The number of nitrogens with two attached hydrogens (primary N) is 1. The summed E-state index contributed by atoms with van der Waals surface area (Å²) in [7, 11) is 0. The number of anilines is 2. The summed E-state index contributed by atoms with van der Waals surface area (Å²) in [6.07, 6.45) is 3.32. The number of hydrogen-bond donors (Lipinski definition) is 1. The van der Waals surface area contributed by atoms with E-state index in [0.717, 1.165) is 29.7 Å². The van der Waals surface area contributed by atoms with Crippen LogP contribution in [0.25, 0.3) is 22.2 Å². The molecule has 8 heteroatoms. The molecule has 1 saturated heterocycles. The lowest BCUT2D eigenvalue weighted by Gasteiger charge is -2.27. The lowest BCUT2D eigenvalue weighted by atomic mass is 10.1. The minimum atomic E-state index is 0.226. The third-order valence-electron chi connectivity index (χ3n) is 3.90. The number of hydrogen-bond acceptors (Lipinski definition) is 7. The Morgan fingerprint density at radius 2 is 1.83 bits per heavy atom. The van der Waals surface area contributed by atoms with E-state index >= 15 is 0 Å². The van der Waals surface area contributed by atoms with Gasteiger partial charge < -0.3 is 15.4 Å². The highest BCUT2D eigenvalue weighted by atomic mass is 35.5. The van der Waals surface area contributed by atoms with Crippen molar-refractivity contribution in [1.82, 2.24) is 19.9 Å². The molecule has 0 amide bonds. The first kappa shape index (κ1) is 15.0. The molecule has 1 aromatic carbocycles. The Morgan fingerprint density at radius 1 is 1.08 bits per heavy atom. The van der Waals surface area contributed by atoms with Gasteiger partial charge in [-0.15, -0.1) is 0 Å². The Labute approximate surface area is 143 Å². The largest absolute Gasteiger partial charge is 0.378 e. The van der Waals surface area contributed by atoms with E-state index in [1.54, 1.807) is 12.4 Å². The third kappa shape index (κ3) is 2.72. The number of morpholine rings is 1. The molecule has 1 aliphatic heterocycles. The van der Waals surface area contributed by atoms with E-state index < -0.39 is 0 Å². The van der Waals surface area contributed by atoms with Gasteiger partial charge in [0.1, 0.15) is 0 Å². The van der Waals surface area contributed by atoms with Gasteiger partial charge in [0.05, 0.1) is 29.4 Å². The molecule has 0 spiro atoms. The van der Waals surface area contributed by atoms with E-state index in [2.05, 4.69) is 19.9 Å². The average Bonchev–Trinajstić information content (AvgIpc) is 2.63. The van der Waals surface area contributed by atoms with Gasteiger partial charge >= 0.3 is 0 Å². The van der Waals surface area contributed by atoms with Crippen LogP contribution in [-0.2, 0) is 4.74 Å². The molecule has 0 bridgehead atoms. The molecule has 24 heavy (non-hydrogen) atoms. The summed E-state index contributed by atoms with van der Waals surface area (Å²) in [5.74, 6) is 0.856. The van der Waals surface area contributed by atoms with Gasteiger partial charge in [0, 0.05) is 36.4 Å². The zero-order chi connectivity index (χ0) is 16.5. The van der Waals surface area contributed by atoms with Crippen molar-refractivity contribution in [2.45, 2.75) is 0 Å². The highest BCUT2D eigenvalue weighted by molar-refractivity contribution is 6.35. The van der Waals surface area contributed by atoms with Crippen molar-refractivity contribution in [1.29, 1.82) is 0 Å². The van der Waals surface area contributed by atoms with Gasteiger partial charge in [-0.1, -0.05) is 23.7 Å². The first-order valence-corrected chi connectivity index (χ1v) is 7.97. The maximum absolute atomic E-state index is 6.37. The zero-order valence-electron chi connectivity index (χ0n) is 12.8. The number of fused-ring (bicyclic) bond motifs is 1. The number of benzene rings is 1. The topological polar surface area (TPSA) is 90.0 Å². The van der Waals surface area contributed by atoms with Crippen LogP contribution in [0.15, 0.2) is 30.6 Å². The van der Waals surface area contributed by atoms with E-state index in [-0.39, 0.29) is 5.95 Å². The van der Waals surface area contributed by atoms with Crippen LogP contribution in [0.4, 0.5) is 11.9 Å². The highest BCUT2D eigenvalue weighted by Crippen LogP contribution is 2.31. The molecule has 122 valence electrons. The van der Waals surface area contributed by atoms with Crippen molar-refractivity contribution >= 4 is 34.4 Å². The summed E-state index contributed by atoms with van der Waals surface area (Å²) in [5.41, 5.74) is 7.81. The Bertz CT molecular complexity index is 880. The number of aromatic nitrogens is 4. The van der Waals surface area contributed by atoms with Crippen molar-refractivity contribution in [2.24, 2.45) is 0 Å². The first-order chi connectivity index (χ1) is 11.7. The molecular weight excluding hydrogens is 328 g/mol. The predicted molar refractivity (Wildman–Crippen MR) is 93.0 cm³/mol. The molecule has 1 aliphatic rings. The predicted octanol–water partition coefficient (Wildman–Crippen LogP) is 2.16. The molecule has 3 aromatic rings. The summed E-state index contributed by atoms with van der Waals surface area (Å²) >= 11 is 6.37. The van der Waals surface area contributed by atoms with Crippen LogP contribution in [0.3, 0.4) is 0 Å². The molecule has 0 saturated carbocycles. The molecule has 0 radical (unpaired) electrons. The number of rotatable bonds is 2. The second-order valence-electron chi connectivity index (χ2n) is 5.44. The summed E-state index contributed by atoms with van der Waals surface area (Å²) in [6, 6.07) is 5.64. The minimum absolute atomic E-state index is 0.226. The molecule has 0 aliphatic carbocycles. The number of ether oxygens (including phenoxy) is 1. The van der Waals surface area contributed by atoms with E-state index in [1.165, 1.54) is 0 Å². The van der Waals surface area contributed by atoms with Crippen LogP contribution >= 0.6 is 11.6 Å². The lowest BCUT2D eigenvalue weighted by Crippen LogP contribution is -2.37. The Balaban J connectivity index is 1.92. The molecule has 0 atom stereocenters. The number of nitrogens with zero attached hydrogens (tertiary/aromatic N) is 5. The monoisotopic (exact) mass is 342 g/mol. The van der Waals surface area contributed by atoms with Crippen LogP contribution in [0, 0.1) is 0 Å². The van der Waals surface area contributed by atoms with Crippen molar-refractivity contribution < 1.29 is 4.74 Å². The van der Waals surface area contributed by atoms with Crippen molar-refractivity contribution in [2.75, 3.05) is 36.9 Å². The fraction of sp³-hybridized carbons (Fsp3) is 0.250. The number of nitrogen functional groups attached to an aromatic ring is 1. The maximum atomic E-state index is 6.37. The van der Waals surface area contributed by atoms with Crippen LogP contribution in [-0.4, -0.2) is 46.2 Å². The summed E-state index contributed by atoms with van der Waals surface area (Å²) in [6.45, 7) is 2.80. The standard InChI is InChI=1S/C16H15ClN6O/c17-12-3-1-2-11-13(10-8-19-15(18)20-9-10)21-16(22-14(11)12)23-4-6-24-7-5-23/h1-3,8-9H,4-7H2,(H2,18,19,20). The molecule has 4 rings (SSSR count).